The molecule has 3 aromatic carbocycles. The van der Waals surface area contributed by atoms with Gasteiger partial charge < -0.3 is 4.90 Å². The summed E-state index contributed by atoms with van der Waals surface area (Å²) in [6.45, 7) is 3.28. The first-order chi connectivity index (χ1) is 18.3. The van der Waals surface area contributed by atoms with E-state index in [4.69, 9.17) is 0 Å². The zero-order valence-corrected chi connectivity index (χ0v) is 22.2. The molecule has 182 valence electrons. The van der Waals surface area contributed by atoms with Crippen molar-refractivity contribution in [2.45, 2.75) is 29.6 Å². The summed E-state index contributed by atoms with van der Waals surface area (Å²) in [4.78, 5) is 9.17. The fraction of sp³-hybridized carbons (Fsp3) is 0.129. The molecule has 5 aromatic rings. The lowest BCUT2D eigenvalue weighted by molar-refractivity contribution is 0.777. The van der Waals surface area contributed by atoms with Gasteiger partial charge in [-0.05, 0) is 53.9 Å². The van der Waals surface area contributed by atoms with Gasteiger partial charge in [-0.3, -0.25) is 4.98 Å². The number of fused-ring (bicyclic) bond motifs is 3. The maximum Gasteiger partial charge on any atom is 0.112 e. The second-order valence-electron chi connectivity index (χ2n) is 8.95. The Bertz CT molecular complexity index is 1600. The Kier molecular flexibility index (Phi) is 6.84. The van der Waals surface area contributed by atoms with Gasteiger partial charge in [-0.1, -0.05) is 79.7 Å². The van der Waals surface area contributed by atoms with Gasteiger partial charge in [0.2, 0.25) is 0 Å². The SMILES string of the molecule is CCCCN1c2ccccc2Sc2cc(/C=C/c3ccc(/C=C/c4ccncc4)c4nsnc34)ccc21. The van der Waals surface area contributed by atoms with Crippen molar-refractivity contribution in [3.63, 3.8) is 0 Å². The van der Waals surface area contributed by atoms with E-state index < -0.39 is 0 Å². The second kappa shape index (κ2) is 10.7. The Balaban J connectivity index is 1.28. The summed E-state index contributed by atoms with van der Waals surface area (Å²) in [5, 5.41) is 0. The molecule has 4 nitrogen and oxygen atoms in total. The summed E-state index contributed by atoms with van der Waals surface area (Å²) in [5.74, 6) is 0. The van der Waals surface area contributed by atoms with Crippen molar-refractivity contribution in [1.82, 2.24) is 13.7 Å². The summed E-state index contributed by atoms with van der Waals surface area (Å²) < 4.78 is 9.19. The fourth-order valence-corrected chi connectivity index (χ4v) is 6.26. The molecule has 37 heavy (non-hydrogen) atoms. The van der Waals surface area contributed by atoms with Gasteiger partial charge in [0.1, 0.15) is 11.0 Å². The van der Waals surface area contributed by atoms with Crippen LogP contribution in [0.25, 0.3) is 35.3 Å². The summed E-state index contributed by atoms with van der Waals surface area (Å²) in [6.07, 6.45) is 14.5. The Morgan fingerprint density at radius 1 is 0.730 bits per heavy atom. The highest BCUT2D eigenvalue weighted by atomic mass is 32.2. The number of hydrogen-bond donors (Lipinski definition) is 0. The molecule has 0 fully saturated rings. The topological polar surface area (TPSA) is 41.9 Å². The van der Waals surface area contributed by atoms with Crippen LogP contribution in [0.3, 0.4) is 0 Å². The van der Waals surface area contributed by atoms with Crippen LogP contribution in [0, 0.1) is 0 Å². The fourth-order valence-electron chi connectivity index (χ4n) is 4.53. The van der Waals surface area contributed by atoms with Crippen molar-refractivity contribution < 1.29 is 0 Å². The molecule has 3 heterocycles. The smallest absolute Gasteiger partial charge is 0.112 e. The molecule has 0 bridgehead atoms. The molecule has 0 spiro atoms. The molecule has 0 saturated heterocycles. The van der Waals surface area contributed by atoms with Crippen molar-refractivity contribution in [2.24, 2.45) is 0 Å². The number of rotatable bonds is 7. The molecule has 6 rings (SSSR count). The average Bonchev–Trinajstić information content (AvgIpc) is 3.44. The molecule has 1 aliphatic heterocycles. The van der Waals surface area contributed by atoms with E-state index in [9.17, 15) is 0 Å². The number of pyridine rings is 1. The summed E-state index contributed by atoms with van der Waals surface area (Å²) in [7, 11) is 0. The van der Waals surface area contributed by atoms with Gasteiger partial charge in [-0.25, -0.2) is 0 Å². The van der Waals surface area contributed by atoms with E-state index >= 15 is 0 Å². The minimum Gasteiger partial charge on any atom is -0.340 e. The van der Waals surface area contributed by atoms with E-state index in [1.807, 2.05) is 23.9 Å². The zero-order valence-electron chi connectivity index (χ0n) is 20.5. The lowest BCUT2D eigenvalue weighted by Crippen LogP contribution is -2.21. The number of para-hydroxylation sites is 1. The van der Waals surface area contributed by atoms with Crippen LogP contribution < -0.4 is 4.90 Å². The predicted molar refractivity (Wildman–Crippen MR) is 158 cm³/mol. The van der Waals surface area contributed by atoms with Crippen LogP contribution in [0.15, 0.2) is 88.9 Å². The molecule has 0 aliphatic carbocycles. The number of hydrogen-bond acceptors (Lipinski definition) is 6. The van der Waals surface area contributed by atoms with E-state index in [1.165, 1.54) is 51.3 Å². The van der Waals surface area contributed by atoms with Gasteiger partial charge in [0.15, 0.2) is 0 Å². The van der Waals surface area contributed by atoms with Crippen LogP contribution in [0.4, 0.5) is 11.4 Å². The van der Waals surface area contributed by atoms with Gasteiger partial charge >= 0.3 is 0 Å². The van der Waals surface area contributed by atoms with Crippen LogP contribution in [-0.4, -0.2) is 20.3 Å². The molecule has 0 radical (unpaired) electrons. The highest BCUT2D eigenvalue weighted by molar-refractivity contribution is 7.99. The molecular formula is C31H26N4S2. The zero-order chi connectivity index (χ0) is 25.0. The van der Waals surface area contributed by atoms with Gasteiger partial charge in [0.25, 0.3) is 0 Å². The highest BCUT2D eigenvalue weighted by Crippen LogP contribution is 2.48. The summed E-state index contributed by atoms with van der Waals surface area (Å²) in [6, 6.07) is 23.7. The molecule has 2 aromatic heterocycles. The monoisotopic (exact) mass is 518 g/mol. The first-order valence-corrected chi connectivity index (χ1v) is 14.0. The lowest BCUT2D eigenvalue weighted by Gasteiger charge is -2.33. The third-order valence-electron chi connectivity index (χ3n) is 6.48. The molecule has 0 unspecified atom stereocenters. The average molecular weight is 519 g/mol. The third-order valence-corrected chi connectivity index (χ3v) is 8.12. The lowest BCUT2D eigenvalue weighted by atomic mass is 10.1. The van der Waals surface area contributed by atoms with Gasteiger partial charge in [-0.2, -0.15) is 8.75 Å². The normalized spacial score (nSPS) is 12.9. The molecule has 0 N–H and O–H groups in total. The Morgan fingerprint density at radius 3 is 2.19 bits per heavy atom. The molecule has 0 saturated carbocycles. The number of benzene rings is 3. The number of aromatic nitrogens is 3. The highest BCUT2D eigenvalue weighted by Gasteiger charge is 2.22. The van der Waals surface area contributed by atoms with Crippen LogP contribution in [-0.2, 0) is 0 Å². The van der Waals surface area contributed by atoms with Crippen molar-refractivity contribution in [1.29, 1.82) is 0 Å². The third kappa shape index (κ3) is 4.95. The maximum atomic E-state index is 4.60. The Hall–Kier alpha value is -3.74. The van der Waals surface area contributed by atoms with Crippen molar-refractivity contribution in [3.05, 3.63) is 101 Å². The molecule has 0 atom stereocenters. The van der Waals surface area contributed by atoms with E-state index in [1.54, 1.807) is 12.4 Å². The quantitative estimate of drug-likeness (QED) is 0.201. The standard InChI is InChI=1S/C31H26N4S2/c1-2-3-20-35-26-6-4-5-7-28(26)36-29-21-23(10-15-27(29)35)9-12-25-14-13-24(30-31(25)34-37-33-30)11-8-22-16-18-32-19-17-22/h4-19,21H,2-3,20H2,1H3/b11-8+,12-9+. The van der Waals surface area contributed by atoms with Crippen molar-refractivity contribution >= 4 is 70.2 Å². The van der Waals surface area contributed by atoms with E-state index in [-0.39, 0.29) is 0 Å². The number of anilines is 2. The molecular weight excluding hydrogens is 493 g/mol. The van der Waals surface area contributed by atoms with E-state index in [0.29, 0.717) is 0 Å². The van der Waals surface area contributed by atoms with E-state index in [2.05, 4.69) is 104 Å². The van der Waals surface area contributed by atoms with Gasteiger partial charge in [-0.15, -0.1) is 0 Å². The molecule has 0 amide bonds. The minimum atomic E-state index is 0.932. The predicted octanol–water partition coefficient (Wildman–Crippen LogP) is 8.83. The molecule has 6 heteroatoms. The first-order valence-electron chi connectivity index (χ1n) is 12.5. The summed E-state index contributed by atoms with van der Waals surface area (Å²) >= 11 is 3.11. The maximum absolute atomic E-state index is 4.60. The Labute approximate surface area is 225 Å². The molecule has 1 aliphatic rings. The second-order valence-corrected chi connectivity index (χ2v) is 10.6. The van der Waals surface area contributed by atoms with Crippen molar-refractivity contribution in [2.75, 3.05) is 11.4 Å². The van der Waals surface area contributed by atoms with Crippen LogP contribution in [0.1, 0.15) is 42.0 Å². The minimum absolute atomic E-state index is 0.932. The van der Waals surface area contributed by atoms with Crippen LogP contribution >= 0.6 is 23.5 Å². The Morgan fingerprint density at radius 2 is 1.43 bits per heavy atom. The first kappa shape index (κ1) is 23.6. The van der Waals surface area contributed by atoms with Gasteiger partial charge in [0.05, 0.1) is 23.1 Å². The van der Waals surface area contributed by atoms with Crippen molar-refractivity contribution in [3.8, 4) is 0 Å². The summed E-state index contributed by atoms with van der Waals surface area (Å²) in [5.41, 5.74) is 8.90. The number of unbranched alkanes of at least 4 members (excludes halogenated alkanes) is 1. The van der Waals surface area contributed by atoms with Gasteiger partial charge in [0, 0.05) is 39.9 Å². The van der Waals surface area contributed by atoms with E-state index in [0.717, 1.165) is 34.3 Å². The number of nitrogens with zero attached hydrogens (tertiary/aromatic N) is 4. The van der Waals surface area contributed by atoms with Crippen LogP contribution in [0.5, 0.6) is 0 Å². The van der Waals surface area contributed by atoms with Crippen LogP contribution in [0.2, 0.25) is 0 Å². The largest absolute Gasteiger partial charge is 0.340 e.